The molecule has 1 aliphatic heterocycles. The van der Waals surface area contributed by atoms with E-state index in [2.05, 4.69) is 15.9 Å². The van der Waals surface area contributed by atoms with Crippen LogP contribution in [0.4, 0.5) is 0 Å². The molecule has 3 rings (SSSR count). The zero-order valence-corrected chi connectivity index (χ0v) is 17.8. The number of ketones is 1. The van der Waals surface area contributed by atoms with Crippen molar-refractivity contribution in [3.63, 3.8) is 0 Å². The van der Waals surface area contributed by atoms with Crippen LogP contribution in [0.25, 0.3) is 6.08 Å². The molecule has 0 amide bonds. The summed E-state index contributed by atoms with van der Waals surface area (Å²) in [6.07, 6.45) is 1.70. The predicted molar refractivity (Wildman–Crippen MR) is 110 cm³/mol. The lowest BCUT2D eigenvalue weighted by atomic mass is 10.0. The van der Waals surface area contributed by atoms with E-state index in [9.17, 15) is 9.59 Å². The van der Waals surface area contributed by atoms with Gasteiger partial charge in [-0.2, -0.15) is 0 Å². The zero-order valence-electron chi connectivity index (χ0n) is 16.2. The first-order chi connectivity index (χ1) is 13.1. The fourth-order valence-corrected chi connectivity index (χ4v) is 3.24. The molecular weight excluding hydrogens is 424 g/mol. The van der Waals surface area contributed by atoms with Gasteiger partial charge in [-0.3, -0.25) is 4.79 Å². The van der Waals surface area contributed by atoms with Gasteiger partial charge in [0, 0.05) is 10.5 Å². The smallest absolute Gasteiger partial charge is 0.344 e. The first-order valence-electron chi connectivity index (χ1n) is 8.81. The van der Waals surface area contributed by atoms with Crippen molar-refractivity contribution in [3.05, 3.63) is 63.3 Å². The highest BCUT2D eigenvalue weighted by molar-refractivity contribution is 9.10. The average molecular weight is 445 g/mol. The Morgan fingerprint density at radius 1 is 1.21 bits per heavy atom. The highest BCUT2D eigenvalue weighted by Crippen LogP contribution is 2.37. The molecule has 0 radical (unpaired) electrons. The molecule has 0 aliphatic carbocycles. The summed E-state index contributed by atoms with van der Waals surface area (Å²) in [4.78, 5) is 24.6. The number of carbonyl (C=O) groups is 2. The minimum absolute atomic E-state index is 0.175. The second-order valence-electron chi connectivity index (χ2n) is 7.48. The number of halogens is 1. The number of esters is 1. The molecule has 0 saturated carbocycles. The van der Waals surface area contributed by atoms with Crippen molar-refractivity contribution in [1.82, 2.24) is 0 Å². The molecule has 146 valence electrons. The van der Waals surface area contributed by atoms with Gasteiger partial charge in [0.2, 0.25) is 5.78 Å². The Hall–Kier alpha value is -2.60. The number of fused-ring (bicyclic) bond motifs is 1. The third-order valence-corrected chi connectivity index (χ3v) is 4.36. The van der Waals surface area contributed by atoms with Crippen molar-refractivity contribution in [2.45, 2.75) is 33.3 Å². The predicted octanol–water partition coefficient (Wildman–Crippen LogP) is 5.09. The van der Waals surface area contributed by atoms with Crippen LogP contribution in [-0.2, 0) is 9.53 Å². The van der Waals surface area contributed by atoms with Gasteiger partial charge in [0.1, 0.15) is 17.1 Å². The lowest BCUT2D eigenvalue weighted by molar-refractivity contribution is -0.157. The molecular formula is C22H21BrO5. The zero-order chi connectivity index (χ0) is 20.5. The van der Waals surface area contributed by atoms with Gasteiger partial charge in [-0.25, -0.2) is 4.79 Å². The van der Waals surface area contributed by atoms with Crippen LogP contribution in [0.3, 0.4) is 0 Å². The Labute approximate surface area is 172 Å². The number of hydrogen-bond acceptors (Lipinski definition) is 5. The maximum absolute atomic E-state index is 12.7. The molecule has 0 bridgehead atoms. The van der Waals surface area contributed by atoms with Crippen LogP contribution >= 0.6 is 15.9 Å². The molecule has 5 nitrogen and oxygen atoms in total. The van der Waals surface area contributed by atoms with Crippen LogP contribution in [0.15, 0.2) is 46.6 Å². The third-order valence-electron chi connectivity index (χ3n) is 3.87. The van der Waals surface area contributed by atoms with E-state index in [1.165, 1.54) is 0 Å². The van der Waals surface area contributed by atoms with Crippen LogP contribution in [0.1, 0.15) is 42.3 Å². The Balaban J connectivity index is 1.78. The van der Waals surface area contributed by atoms with Gasteiger partial charge >= 0.3 is 5.97 Å². The summed E-state index contributed by atoms with van der Waals surface area (Å²) in [5.41, 5.74) is 1.51. The number of rotatable bonds is 4. The van der Waals surface area contributed by atoms with Crippen LogP contribution < -0.4 is 9.47 Å². The summed E-state index contributed by atoms with van der Waals surface area (Å²) >= 11 is 3.41. The van der Waals surface area contributed by atoms with Gasteiger partial charge in [-0.15, -0.1) is 0 Å². The first-order valence-corrected chi connectivity index (χ1v) is 9.61. The number of Topliss-reactive ketones (excluding diaryl/α,β-unsaturated/α-hetero) is 1. The lowest BCUT2D eigenvalue weighted by Gasteiger charge is -2.19. The molecule has 1 heterocycles. The number of hydrogen-bond donors (Lipinski definition) is 0. The van der Waals surface area contributed by atoms with Crippen molar-refractivity contribution in [1.29, 1.82) is 0 Å². The summed E-state index contributed by atoms with van der Waals surface area (Å²) in [6.45, 7) is 6.97. The van der Waals surface area contributed by atoms with E-state index in [4.69, 9.17) is 14.2 Å². The molecule has 1 aliphatic rings. The molecule has 0 spiro atoms. The normalized spacial score (nSPS) is 14.6. The van der Waals surface area contributed by atoms with Crippen LogP contribution in [-0.4, -0.2) is 24.0 Å². The highest BCUT2D eigenvalue weighted by Gasteiger charge is 2.30. The Morgan fingerprint density at radius 2 is 1.96 bits per heavy atom. The van der Waals surface area contributed by atoms with E-state index in [1.54, 1.807) is 39.0 Å². The minimum Gasteiger partial charge on any atom is -0.482 e. The number of benzene rings is 2. The quantitative estimate of drug-likeness (QED) is 0.485. The van der Waals surface area contributed by atoms with E-state index in [-0.39, 0.29) is 18.1 Å². The summed E-state index contributed by atoms with van der Waals surface area (Å²) in [6, 6.07) is 10.9. The summed E-state index contributed by atoms with van der Waals surface area (Å²) in [5, 5.41) is 0. The number of aryl methyl sites for hydroxylation is 1. The largest absolute Gasteiger partial charge is 0.482 e. The number of ether oxygens (including phenoxy) is 3. The molecule has 6 heteroatoms. The lowest BCUT2D eigenvalue weighted by Crippen LogP contribution is -2.27. The van der Waals surface area contributed by atoms with Crippen molar-refractivity contribution in [2.24, 2.45) is 0 Å². The maximum atomic E-state index is 12.7. The number of allylic oxidation sites excluding steroid dienone is 1. The third kappa shape index (κ3) is 4.81. The topological polar surface area (TPSA) is 61.8 Å². The summed E-state index contributed by atoms with van der Waals surface area (Å²) in [5.74, 6) is 0.480. The van der Waals surface area contributed by atoms with E-state index in [1.807, 2.05) is 31.2 Å². The van der Waals surface area contributed by atoms with Gasteiger partial charge in [0.25, 0.3) is 0 Å². The molecule has 28 heavy (non-hydrogen) atoms. The molecule has 0 fully saturated rings. The van der Waals surface area contributed by atoms with E-state index < -0.39 is 11.6 Å². The fraction of sp³-hybridized carbons (Fsp3) is 0.273. The monoisotopic (exact) mass is 444 g/mol. The van der Waals surface area contributed by atoms with Crippen molar-refractivity contribution < 1.29 is 23.8 Å². The van der Waals surface area contributed by atoms with Gasteiger partial charge in [0.05, 0.1) is 5.56 Å². The minimum atomic E-state index is -0.573. The average Bonchev–Trinajstić information content (AvgIpc) is 2.88. The Bertz CT molecular complexity index is 969. The highest BCUT2D eigenvalue weighted by atomic mass is 79.9. The molecule has 2 aromatic rings. The van der Waals surface area contributed by atoms with Gasteiger partial charge in [-0.05, 0) is 63.1 Å². The molecule has 0 atom stereocenters. The van der Waals surface area contributed by atoms with Crippen molar-refractivity contribution in [3.8, 4) is 11.5 Å². The van der Waals surface area contributed by atoms with Crippen LogP contribution in [0.2, 0.25) is 0 Å². The summed E-state index contributed by atoms with van der Waals surface area (Å²) in [7, 11) is 0. The van der Waals surface area contributed by atoms with Gasteiger partial charge in [-0.1, -0.05) is 28.1 Å². The molecule has 0 unspecified atom stereocenters. The molecule has 0 aromatic heterocycles. The Morgan fingerprint density at radius 3 is 2.64 bits per heavy atom. The van der Waals surface area contributed by atoms with E-state index in [0.717, 1.165) is 15.6 Å². The van der Waals surface area contributed by atoms with Crippen molar-refractivity contribution >= 4 is 33.8 Å². The second kappa shape index (κ2) is 7.80. The van der Waals surface area contributed by atoms with Gasteiger partial charge < -0.3 is 14.2 Å². The van der Waals surface area contributed by atoms with Gasteiger partial charge in [0.15, 0.2) is 12.4 Å². The Kier molecular flexibility index (Phi) is 5.61. The molecule has 0 saturated heterocycles. The maximum Gasteiger partial charge on any atom is 0.344 e. The fourth-order valence-electron chi connectivity index (χ4n) is 2.82. The first kappa shape index (κ1) is 20.1. The van der Waals surface area contributed by atoms with Crippen molar-refractivity contribution in [2.75, 3.05) is 6.61 Å². The standard InChI is InChI=1S/C22H21BrO5/c1-13-8-16(26-12-19(24)28-22(2,3)4)11-17-20(13)21(25)18(27-17)10-14-6-5-7-15(23)9-14/h5-11H,12H2,1-4H3/b18-10-. The SMILES string of the molecule is Cc1cc(OCC(=O)OC(C)(C)C)cc2c1C(=O)/C(=C/c1cccc(Br)c1)O2. The van der Waals surface area contributed by atoms with Crippen LogP contribution in [0.5, 0.6) is 11.5 Å². The number of carbonyl (C=O) groups excluding carboxylic acids is 2. The summed E-state index contributed by atoms with van der Waals surface area (Å²) < 4.78 is 17.5. The molecule has 2 aromatic carbocycles. The molecule has 0 N–H and O–H groups in total. The van der Waals surface area contributed by atoms with Crippen LogP contribution in [0, 0.1) is 6.92 Å². The van der Waals surface area contributed by atoms with E-state index in [0.29, 0.717) is 17.1 Å². The second-order valence-corrected chi connectivity index (χ2v) is 8.40. The van der Waals surface area contributed by atoms with E-state index >= 15 is 0 Å².